The monoisotopic (exact) mass is 223 g/mol. The smallest absolute Gasteiger partial charge is 0.129 e. The van der Waals surface area contributed by atoms with Crippen LogP contribution in [0, 0.1) is 0 Å². The van der Waals surface area contributed by atoms with Crippen molar-refractivity contribution in [1.82, 2.24) is 4.98 Å². The fourth-order valence-corrected chi connectivity index (χ4v) is 1.20. The van der Waals surface area contributed by atoms with Gasteiger partial charge in [-0.2, -0.15) is 0 Å². The minimum Gasteiger partial charge on any atom is -0.385 e. The number of pyridine rings is 1. The van der Waals surface area contributed by atoms with Crippen molar-refractivity contribution in [3.63, 3.8) is 0 Å². The predicted molar refractivity (Wildman–Crippen MR) is 64.3 cm³/mol. The lowest BCUT2D eigenvalue weighted by atomic mass is 10.2. The first-order valence-electron chi connectivity index (χ1n) is 4.78. The Kier molecular flexibility index (Phi) is 5.08. The normalized spacial score (nSPS) is 9.53. The Morgan fingerprint density at radius 1 is 1.20 bits per heavy atom. The highest BCUT2D eigenvalue weighted by atomic mass is 35.5. The number of fused-ring (bicyclic) bond motifs is 1. The van der Waals surface area contributed by atoms with Gasteiger partial charge in [-0.25, -0.2) is 4.98 Å². The summed E-state index contributed by atoms with van der Waals surface area (Å²) in [5, 5.41) is 1.67. The molecule has 1 aromatic heterocycles. The number of benzene rings is 1. The van der Waals surface area contributed by atoms with E-state index >= 15 is 0 Å². The lowest BCUT2D eigenvalue weighted by Crippen LogP contribution is -1.76. The first kappa shape index (κ1) is 12.0. The molecule has 15 heavy (non-hydrogen) atoms. The molecule has 0 aliphatic rings. The number of para-hydroxylation sites is 1. The Hall–Kier alpha value is -1.12. The van der Waals surface area contributed by atoms with Crippen molar-refractivity contribution in [2.45, 2.75) is 6.92 Å². The number of nitrogens with zero attached hydrogens (tertiary/aromatic N) is 1. The van der Waals surface area contributed by atoms with Gasteiger partial charge < -0.3 is 4.74 Å². The fourth-order valence-electron chi connectivity index (χ4n) is 1.04. The number of ether oxygens (including phenoxy) is 1. The van der Waals surface area contributed by atoms with E-state index in [9.17, 15) is 0 Å². The molecule has 0 spiro atoms. The molecule has 3 heteroatoms. The highest BCUT2D eigenvalue weighted by Gasteiger charge is 1.92. The van der Waals surface area contributed by atoms with Crippen molar-refractivity contribution in [3.8, 4) is 0 Å². The summed E-state index contributed by atoms with van der Waals surface area (Å²) in [4.78, 5) is 4.14. The van der Waals surface area contributed by atoms with Gasteiger partial charge in [-0.05, 0) is 25.1 Å². The highest BCUT2D eigenvalue weighted by Crippen LogP contribution is 2.13. The second kappa shape index (κ2) is 6.38. The van der Waals surface area contributed by atoms with Crippen molar-refractivity contribution in [1.29, 1.82) is 0 Å². The zero-order valence-electron chi connectivity index (χ0n) is 8.90. The van der Waals surface area contributed by atoms with Crippen molar-refractivity contribution >= 4 is 22.5 Å². The van der Waals surface area contributed by atoms with Gasteiger partial charge >= 0.3 is 0 Å². The summed E-state index contributed by atoms with van der Waals surface area (Å²) in [5.74, 6) is 0. The molecule has 1 aromatic carbocycles. The average molecular weight is 224 g/mol. The summed E-state index contributed by atoms with van der Waals surface area (Å²) >= 11 is 5.71. The van der Waals surface area contributed by atoms with E-state index in [4.69, 9.17) is 11.6 Å². The summed E-state index contributed by atoms with van der Waals surface area (Å²) < 4.78 is 4.54. The Bertz CT molecular complexity index is 415. The number of hydrogen-bond acceptors (Lipinski definition) is 2. The molecule has 0 aliphatic carbocycles. The third kappa shape index (κ3) is 3.86. The molecule has 0 radical (unpaired) electrons. The van der Waals surface area contributed by atoms with Crippen LogP contribution in [-0.4, -0.2) is 18.7 Å². The fraction of sp³-hybridized carbons (Fsp3) is 0.250. The molecular weight excluding hydrogens is 210 g/mol. The van der Waals surface area contributed by atoms with Crippen LogP contribution in [-0.2, 0) is 4.74 Å². The molecule has 1 heterocycles. The van der Waals surface area contributed by atoms with Crippen molar-refractivity contribution in [2.24, 2.45) is 0 Å². The molecule has 0 bridgehead atoms. The molecular formula is C12H14ClNO. The van der Waals surface area contributed by atoms with Crippen LogP contribution in [0.5, 0.6) is 0 Å². The van der Waals surface area contributed by atoms with Crippen molar-refractivity contribution in [2.75, 3.05) is 13.7 Å². The van der Waals surface area contributed by atoms with Gasteiger partial charge in [0.1, 0.15) is 5.15 Å². The lowest BCUT2D eigenvalue weighted by Gasteiger charge is -1.94. The number of rotatable bonds is 1. The zero-order chi connectivity index (χ0) is 11.1. The van der Waals surface area contributed by atoms with Crippen LogP contribution in [0.1, 0.15) is 6.92 Å². The highest BCUT2D eigenvalue weighted by molar-refractivity contribution is 6.29. The maximum Gasteiger partial charge on any atom is 0.129 e. The Morgan fingerprint density at radius 2 is 1.87 bits per heavy atom. The number of aromatic nitrogens is 1. The van der Waals surface area contributed by atoms with E-state index in [1.165, 1.54) is 0 Å². The van der Waals surface area contributed by atoms with Crippen LogP contribution in [0.4, 0.5) is 0 Å². The molecule has 0 saturated carbocycles. The maximum absolute atomic E-state index is 5.71. The van der Waals surface area contributed by atoms with Gasteiger partial charge in [-0.1, -0.05) is 29.8 Å². The molecule has 0 atom stereocenters. The minimum absolute atomic E-state index is 0.545. The molecule has 0 amide bonds. The molecule has 0 unspecified atom stereocenters. The maximum atomic E-state index is 5.71. The van der Waals surface area contributed by atoms with Crippen LogP contribution < -0.4 is 0 Å². The van der Waals surface area contributed by atoms with Gasteiger partial charge in [0.25, 0.3) is 0 Å². The molecule has 80 valence electrons. The first-order chi connectivity index (χ1) is 7.27. The van der Waals surface area contributed by atoms with Gasteiger partial charge in [0.2, 0.25) is 0 Å². The summed E-state index contributed by atoms with van der Waals surface area (Å²) in [6.45, 7) is 2.78. The van der Waals surface area contributed by atoms with Crippen LogP contribution in [0.25, 0.3) is 10.9 Å². The zero-order valence-corrected chi connectivity index (χ0v) is 9.66. The average Bonchev–Trinajstić information content (AvgIpc) is 2.29. The van der Waals surface area contributed by atoms with Gasteiger partial charge in [-0.3, -0.25) is 0 Å². The van der Waals surface area contributed by atoms with E-state index in [-0.39, 0.29) is 0 Å². The third-order valence-electron chi connectivity index (χ3n) is 1.85. The van der Waals surface area contributed by atoms with Crippen molar-refractivity contribution in [3.05, 3.63) is 41.6 Å². The summed E-state index contributed by atoms with van der Waals surface area (Å²) in [7, 11) is 1.68. The van der Waals surface area contributed by atoms with Crippen LogP contribution in [0.15, 0.2) is 36.4 Å². The van der Waals surface area contributed by atoms with E-state index in [2.05, 4.69) is 9.72 Å². The molecule has 0 N–H and O–H groups in total. The quantitative estimate of drug-likeness (QED) is 0.690. The molecule has 2 nitrogen and oxygen atoms in total. The van der Waals surface area contributed by atoms with E-state index < -0.39 is 0 Å². The predicted octanol–water partition coefficient (Wildman–Crippen LogP) is 3.54. The largest absolute Gasteiger partial charge is 0.385 e. The standard InChI is InChI=1S/C9H6ClN.C3H8O/c10-9-6-5-7-3-1-2-4-8(7)11-9;1-3-4-2/h1-6H;3H2,1-2H3. The van der Waals surface area contributed by atoms with Gasteiger partial charge in [0.15, 0.2) is 0 Å². The van der Waals surface area contributed by atoms with Crippen LogP contribution in [0.2, 0.25) is 5.15 Å². The minimum atomic E-state index is 0.545. The van der Waals surface area contributed by atoms with Crippen molar-refractivity contribution < 1.29 is 4.74 Å². The SMILES string of the molecule is CCOC.Clc1ccc2ccccc2n1. The van der Waals surface area contributed by atoms with E-state index in [0.717, 1.165) is 17.5 Å². The first-order valence-corrected chi connectivity index (χ1v) is 5.16. The Morgan fingerprint density at radius 3 is 2.53 bits per heavy atom. The topological polar surface area (TPSA) is 22.1 Å². The molecule has 0 saturated heterocycles. The van der Waals surface area contributed by atoms with E-state index in [1.54, 1.807) is 13.2 Å². The Balaban J connectivity index is 0.000000245. The summed E-state index contributed by atoms with van der Waals surface area (Å²) in [6, 6.07) is 11.7. The molecule has 0 fully saturated rings. The van der Waals surface area contributed by atoms with Crippen LogP contribution in [0.3, 0.4) is 0 Å². The second-order valence-corrected chi connectivity index (χ2v) is 3.29. The van der Waals surface area contributed by atoms with Gasteiger partial charge in [0.05, 0.1) is 5.52 Å². The van der Waals surface area contributed by atoms with Gasteiger partial charge in [-0.15, -0.1) is 0 Å². The number of methoxy groups -OCH3 is 1. The molecule has 0 aliphatic heterocycles. The van der Waals surface area contributed by atoms with Crippen LogP contribution >= 0.6 is 11.6 Å². The molecule has 2 aromatic rings. The van der Waals surface area contributed by atoms with E-state index in [1.807, 2.05) is 37.3 Å². The second-order valence-electron chi connectivity index (χ2n) is 2.90. The number of hydrogen-bond donors (Lipinski definition) is 0. The number of halogens is 1. The Labute approximate surface area is 94.9 Å². The lowest BCUT2D eigenvalue weighted by molar-refractivity contribution is 0.215. The summed E-state index contributed by atoms with van der Waals surface area (Å²) in [6.07, 6.45) is 0. The third-order valence-corrected chi connectivity index (χ3v) is 2.06. The summed E-state index contributed by atoms with van der Waals surface area (Å²) in [5.41, 5.74) is 0.944. The molecule has 2 rings (SSSR count). The van der Waals surface area contributed by atoms with E-state index in [0.29, 0.717) is 5.15 Å². The van der Waals surface area contributed by atoms with Gasteiger partial charge in [0, 0.05) is 19.1 Å².